The van der Waals surface area contributed by atoms with Crippen molar-refractivity contribution in [2.75, 3.05) is 38.1 Å². The van der Waals surface area contributed by atoms with Crippen LogP contribution in [0.2, 0.25) is 0 Å². The highest BCUT2D eigenvalue weighted by atomic mass is 32.2. The van der Waals surface area contributed by atoms with Crippen LogP contribution in [0.4, 0.5) is 5.82 Å². The number of nitrogens with one attached hydrogen (secondary N) is 2. The van der Waals surface area contributed by atoms with Crippen LogP contribution in [-0.2, 0) is 12.2 Å². The first-order valence-corrected chi connectivity index (χ1v) is 11.6. The van der Waals surface area contributed by atoms with Crippen molar-refractivity contribution in [1.29, 1.82) is 0 Å². The van der Waals surface area contributed by atoms with Crippen molar-refractivity contribution in [3.8, 4) is 0 Å². The number of anilines is 1. The molecule has 0 spiro atoms. The standard InChI is InChI=1S/C22H29N5OS/c1-3-18-14-20(27-12-10-26(2)11-13-27)25-22(24-18)29-15-16-4-6-17(7-5-16)21(28)23-19-8-9-19/h4-7,14,19H,3,8-13,15H2,1-2H3,(H,23,28)/p+1. The van der Waals surface area contributed by atoms with Gasteiger partial charge in [-0.3, -0.25) is 4.79 Å². The number of likely N-dealkylation sites (N-methyl/N-ethyl adjacent to an activating group) is 1. The molecule has 2 N–H and O–H groups in total. The van der Waals surface area contributed by atoms with Crippen molar-refractivity contribution in [2.24, 2.45) is 0 Å². The van der Waals surface area contributed by atoms with E-state index in [1.165, 1.54) is 5.56 Å². The fourth-order valence-electron chi connectivity index (χ4n) is 3.38. The van der Waals surface area contributed by atoms with E-state index >= 15 is 0 Å². The van der Waals surface area contributed by atoms with Gasteiger partial charge in [0.2, 0.25) is 0 Å². The summed E-state index contributed by atoms with van der Waals surface area (Å²) >= 11 is 1.66. The zero-order valence-corrected chi connectivity index (χ0v) is 18.1. The normalized spacial score (nSPS) is 17.4. The smallest absolute Gasteiger partial charge is 0.251 e. The van der Waals surface area contributed by atoms with Gasteiger partial charge in [-0.05, 0) is 37.0 Å². The summed E-state index contributed by atoms with van der Waals surface area (Å²) in [6, 6.07) is 10.4. The third-order valence-electron chi connectivity index (χ3n) is 5.55. The van der Waals surface area contributed by atoms with Crippen molar-refractivity contribution < 1.29 is 9.69 Å². The molecule has 1 aromatic heterocycles. The molecule has 1 aromatic carbocycles. The number of carbonyl (C=O) groups excluding carboxylic acids is 1. The molecule has 0 unspecified atom stereocenters. The molecular weight excluding hydrogens is 382 g/mol. The number of carbonyl (C=O) groups is 1. The zero-order valence-electron chi connectivity index (χ0n) is 17.3. The minimum atomic E-state index is 0.0318. The largest absolute Gasteiger partial charge is 0.349 e. The molecule has 6 nitrogen and oxygen atoms in total. The van der Waals surface area contributed by atoms with Crippen LogP contribution in [-0.4, -0.2) is 55.1 Å². The number of hydrogen-bond donors (Lipinski definition) is 2. The lowest BCUT2D eigenvalue weighted by molar-refractivity contribution is -0.880. The lowest BCUT2D eigenvalue weighted by Gasteiger charge is -2.31. The van der Waals surface area contributed by atoms with Crippen LogP contribution >= 0.6 is 11.8 Å². The number of piperazine rings is 1. The topological polar surface area (TPSA) is 62.6 Å². The number of nitrogens with zero attached hydrogens (tertiary/aromatic N) is 3. The first-order valence-electron chi connectivity index (χ1n) is 10.6. The Kier molecular flexibility index (Phi) is 6.35. The maximum Gasteiger partial charge on any atom is 0.251 e. The van der Waals surface area contributed by atoms with Crippen LogP contribution < -0.4 is 15.1 Å². The zero-order chi connectivity index (χ0) is 20.2. The summed E-state index contributed by atoms with van der Waals surface area (Å²) in [7, 11) is 2.25. The lowest BCUT2D eigenvalue weighted by atomic mass is 10.1. The average molecular weight is 413 g/mol. The van der Waals surface area contributed by atoms with E-state index in [1.807, 2.05) is 24.3 Å². The van der Waals surface area contributed by atoms with Crippen molar-refractivity contribution in [3.63, 3.8) is 0 Å². The van der Waals surface area contributed by atoms with Crippen LogP contribution in [0.5, 0.6) is 0 Å². The van der Waals surface area contributed by atoms with Gasteiger partial charge in [0.25, 0.3) is 5.91 Å². The lowest BCUT2D eigenvalue weighted by Crippen LogP contribution is -3.12. The average Bonchev–Trinajstić information content (AvgIpc) is 3.57. The molecule has 1 aliphatic carbocycles. The van der Waals surface area contributed by atoms with Crippen molar-refractivity contribution in [1.82, 2.24) is 15.3 Å². The third-order valence-corrected chi connectivity index (χ3v) is 6.46. The molecule has 2 aliphatic rings. The maximum atomic E-state index is 12.1. The van der Waals surface area contributed by atoms with Crippen LogP contribution in [0.15, 0.2) is 35.5 Å². The van der Waals surface area contributed by atoms with E-state index in [1.54, 1.807) is 16.7 Å². The van der Waals surface area contributed by atoms with Gasteiger partial charge in [-0.15, -0.1) is 0 Å². The molecule has 2 fully saturated rings. The first-order chi connectivity index (χ1) is 14.1. The monoisotopic (exact) mass is 412 g/mol. The van der Waals surface area contributed by atoms with Gasteiger partial charge in [0, 0.05) is 29.1 Å². The van der Waals surface area contributed by atoms with Crippen molar-refractivity contribution in [2.45, 2.75) is 43.1 Å². The molecule has 2 aromatic rings. The Morgan fingerprint density at radius 3 is 2.59 bits per heavy atom. The number of benzene rings is 1. The van der Waals surface area contributed by atoms with Crippen LogP contribution in [0.25, 0.3) is 0 Å². The van der Waals surface area contributed by atoms with Crippen LogP contribution in [0, 0.1) is 0 Å². The number of aromatic nitrogens is 2. The number of thioether (sulfide) groups is 1. The summed E-state index contributed by atoms with van der Waals surface area (Å²) in [6.07, 6.45) is 3.12. The second-order valence-corrected chi connectivity index (χ2v) is 8.97. The summed E-state index contributed by atoms with van der Waals surface area (Å²) in [5, 5.41) is 3.86. The van der Waals surface area contributed by atoms with E-state index in [4.69, 9.17) is 9.97 Å². The molecule has 2 heterocycles. The van der Waals surface area contributed by atoms with Gasteiger partial charge in [0.1, 0.15) is 5.82 Å². The van der Waals surface area contributed by atoms with Crippen molar-refractivity contribution >= 4 is 23.5 Å². The number of quaternary nitrogens is 1. The third kappa shape index (κ3) is 5.48. The number of hydrogen-bond acceptors (Lipinski definition) is 5. The van der Waals surface area contributed by atoms with Crippen molar-refractivity contribution in [3.05, 3.63) is 47.2 Å². The van der Waals surface area contributed by atoms with Gasteiger partial charge < -0.3 is 15.1 Å². The molecule has 0 atom stereocenters. The molecule has 154 valence electrons. The molecule has 4 rings (SSSR count). The molecule has 7 heteroatoms. The molecule has 1 saturated heterocycles. The minimum Gasteiger partial charge on any atom is -0.349 e. The van der Waals surface area contributed by atoms with Gasteiger partial charge in [-0.2, -0.15) is 0 Å². The summed E-state index contributed by atoms with van der Waals surface area (Å²) in [4.78, 5) is 25.6. The molecule has 0 radical (unpaired) electrons. The van der Waals surface area contributed by atoms with Gasteiger partial charge in [0.05, 0.1) is 33.2 Å². The second kappa shape index (κ2) is 9.13. The highest BCUT2D eigenvalue weighted by molar-refractivity contribution is 7.98. The Labute approximate surface area is 177 Å². The molecule has 29 heavy (non-hydrogen) atoms. The summed E-state index contributed by atoms with van der Waals surface area (Å²) in [5.74, 6) is 1.88. The second-order valence-electron chi connectivity index (χ2n) is 8.03. The van der Waals surface area contributed by atoms with Gasteiger partial charge >= 0.3 is 0 Å². The predicted molar refractivity (Wildman–Crippen MR) is 117 cm³/mol. The highest BCUT2D eigenvalue weighted by Crippen LogP contribution is 2.24. The molecule has 0 bridgehead atoms. The molecule has 1 saturated carbocycles. The number of rotatable bonds is 7. The van der Waals surface area contributed by atoms with Crippen LogP contribution in [0.3, 0.4) is 0 Å². The maximum absolute atomic E-state index is 12.1. The number of aryl methyl sites for hydroxylation is 1. The van der Waals surface area contributed by atoms with E-state index in [2.05, 4.69) is 30.3 Å². The quantitative estimate of drug-likeness (QED) is 0.534. The molecule has 1 amide bonds. The SMILES string of the molecule is CCc1cc(N2CC[NH+](C)CC2)nc(SCc2ccc(C(=O)NC3CC3)cc2)n1. The Morgan fingerprint density at radius 1 is 1.21 bits per heavy atom. The highest BCUT2D eigenvalue weighted by Gasteiger charge is 2.23. The van der Waals surface area contributed by atoms with Gasteiger partial charge in [-0.1, -0.05) is 30.8 Å². The predicted octanol–water partition coefficient (Wildman–Crippen LogP) is 1.56. The van der Waals surface area contributed by atoms with E-state index in [0.29, 0.717) is 6.04 Å². The minimum absolute atomic E-state index is 0.0318. The summed E-state index contributed by atoms with van der Waals surface area (Å²) < 4.78 is 0. The fraction of sp³-hybridized carbons (Fsp3) is 0.500. The Balaban J connectivity index is 1.39. The molecular formula is C22H30N5OS+. The summed E-state index contributed by atoms with van der Waals surface area (Å²) in [5.41, 5.74) is 3.00. The van der Waals surface area contributed by atoms with E-state index in [-0.39, 0.29) is 5.91 Å². The Morgan fingerprint density at radius 2 is 1.93 bits per heavy atom. The van der Waals surface area contributed by atoms with E-state index in [0.717, 1.165) is 73.4 Å². The fourth-order valence-corrected chi connectivity index (χ4v) is 4.21. The van der Waals surface area contributed by atoms with Crippen LogP contribution in [0.1, 0.15) is 41.4 Å². The first kappa shape index (κ1) is 20.2. The van der Waals surface area contributed by atoms with E-state index < -0.39 is 0 Å². The van der Waals surface area contributed by atoms with Gasteiger partial charge in [-0.25, -0.2) is 9.97 Å². The Hall–Kier alpha value is -2.12. The van der Waals surface area contributed by atoms with E-state index in [9.17, 15) is 4.79 Å². The van der Waals surface area contributed by atoms with Gasteiger partial charge in [0.15, 0.2) is 5.16 Å². The summed E-state index contributed by atoms with van der Waals surface area (Å²) in [6.45, 7) is 6.52. The number of amides is 1. The molecule has 1 aliphatic heterocycles. The Bertz CT molecular complexity index is 845.